The summed E-state index contributed by atoms with van der Waals surface area (Å²) in [4.78, 5) is 13.8. The molecule has 0 fully saturated rings. The Morgan fingerprint density at radius 3 is 2.19 bits per heavy atom. The Morgan fingerprint density at radius 2 is 1.75 bits per heavy atom. The number of hydrogen-bond donors (Lipinski definition) is 0. The highest BCUT2D eigenvalue weighted by Crippen LogP contribution is 2.16. The van der Waals surface area contributed by atoms with E-state index in [1.807, 2.05) is 31.3 Å². The maximum Gasteiger partial charge on any atom is 0.253 e. The molecule has 1 aromatic carbocycles. The fourth-order valence-corrected chi connectivity index (χ4v) is 1.96. The monoisotopic (exact) mass is 331 g/mol. The van der Waals surface area contributed by atoms with Crippen LogP contribution in [0, 0.1) is 8.99 Å². The van der Waals surface area contributed by atoms with Gasteiger partial charge in [-0.1, -0.05) is 20.8 Å². The first-order chi connectivity index (χ1) is 7.29. The summed E-state index contributed by atoms with van der Waals surface area (Å²) in [5, 5.41) is 0. The lowest BCUT2D eigenvalue weighted by Gasteiger charge is -2.26. The summed E-state index contributed by atoms with van der Waals surface area (Å²) in [5.41, 5.74) is 0.889. The molecular weight excluding hydrogens is 313 g/mol. The molecule has 1 amide bonds. The fourth-order valence-electron chi connectivity index (χ4n) is 1.60. The molecule has 0 spiro atoms. The number of amides is 1. The molecule has 0 radical (unpaired) electrons. The van der Waals surface area contributed by atoms with Crippen molar-refractivity contribution in [1.29, 1.82) is 0 Å². The topological polar surface area (TPSA) is 20.3 Å². The van der Waals surface area contributed by atoms with Gasteiger partial charge in [0.25, 0.3) is 5.91 Å². The number of rotatable bonds is 2. The van der Waals surface area contributed by atoms with Gasteiger partial charge in [0.2, 0.25) is 0 Å². The van der Waals surface area contributed by atoms with Crippen molar-refractivity contribution in [3.63, 3.8) is 0 Å². The lowest BCUT2D eigenvalue weighted by molar-refractivity contribution is 0.0745. The van der Waals surface area contributed by atoms with Crippen LogP contribution in [0.4, 0.5) is 0 Å². The zero-order valence-electron chi connectivity index (χ0n) is 10.2. The van der Waals surface area contributed by atoms with Crippen LogP contribution in [0.3, 0.4) is 0 Å². The van der Waals surface area contributed by atoms with Gasteiger partial charge in [-0.25, -0.2) is 0 Å². The van der Waals surface area contributed by atoms with Crippen LogP contribution in [0.25, 0.3) is 0 Å². The maximum atomic E-state index is 12.1. The molecule has 0 aromatic heterocycles. The fraction of sp³-hybridized carbons (Fsp3) is 0.462. The molecule has 0 saturated carbocycles. The molecule has 3 heteroatoms. The Morgan fingerprint density at radius 1 is 1.25 bits per heavy atom. The Kier molecular flexibility index (Phi) is 4.35. The summed E-state index contributed by atoms with van der Waals surface area (Å²) in [6, 6.07) is 7.67. The van der Waals surface area contributed by atoms with E-state index in [2.05, 4.69) is 43.4 Å². The third kappa shape index (κ3) is 4.12. The van der Waals surface area contributed by atoms with E-state index in [1.165, 1.54) is 0 Å². The molecule has 0 heterocycles. The second-order valence-electron chi connectivity index (χ2n) is 5.23. The van der Waals surface area contributed by atoms with E-state index in [4.69, 9.17) is 0 Å². The predicted octanol–water partition coefficient (Wildman–Crippen LogP) is 3.41. The van der Waals surface area contributed by atoms with Gasteiger partial charge in [-0.15, -0.1) is 0 Å². The van der Waals surface area contributed by atoms with Crippen molar-refractivity contribution in [2.75, 3.05) is 13.6 Å². The molecule has 0 aliphatic rings. The van der Waals surface area contributed by atoms with Crippen LogP contribution >= 0.6 is 22.6 Å². The van der Waals surface area contributed by atoms with Crippen molar-refractivity contribution in [3.8, 4) is 0 Å². The molecular formula is C13H18INO. The Labute approximate surface area is 111 Å². The summed E-state index contributed by atoms with van der Waals surface area (Å²) in [5.74, 6) is 0.0892. The summed E-state index contributed by atoms with van der Waals surface area (Å²) in [6.07, 6.45) is 0. The second kappa shape index (κ2) is 5.17. The van der Waals surface area contributed by atoms with E-state index in [0.29, 0.717) is 0 Å². The number of halogens is 1. The van der Waals surface area contributed by atoms with Gasteiger partial charge in [0.1, 0.15) is 0 Å². The second-order valence-corrected chi connectivity index (χ2v) is 6.47. The minimum Gasteiger partial charge on any atom is -0.341 e. The Bertz CT molecular complexity index is 365. The van der Waals surface area contributed by atoms with Crippen LogP contribution < -0.4 is 0 Å². The summed E-state index contributed by atoms with van der Waals surface area (Å²) in [6.45, 7) is 7.15. The average Bonchev–Trinajstić information content (AvgIpc) is 2.15. The first-order valence-corrected chi connectivity index (χ1v) is 6.38. The van der Waals surface area contributed by atoms with Crippen LogP contribution in [-0.2, 0) is 0 Å². The summed E-state index contributed by atoms with van der Waals surface area (Å²) < 4.78 is 1.15. The molecule has 0 unspecified atom stereocenters. The highest BCUT2D eigenvalue weighted by atomic mass is 127. The Balaban J connectivity index is 2.74. The van der Waals surface area contributed by atoms with Crippen molar-refractivity contribution >= 4 is 28.5 Å². The zero-order valence-corrected chi connectivity index (χ0v) is 12.4. The van der Waals surface area contributed by atoms with Gasteiger partial charge < -0.3 is 4.90 Å². The van der Waals surface area contributed by atoms with Gasteiger partial charge in [0.15, 0.2) is 0 Å². The highest BCUT2D eigenvalue weighted by Gasteiger charge is 2.18. The largest absolute Gasteiger partial charge is 0.341 e. The molecule has 0 N–H and O–H groups in total. The van der Waals surface area contributed by atoms with E-state index in [-0.39, 0.29) is 11.3 Å². The van der Waals surface area contributed by atoms with Gasteiger partial charge >= 0.3 is 0 Å². The standard InChI is InChI=1S/C13H18INO/c1-13(2,3)9-15(4)12(16)10-5-7-11(14)8-6-10/h5-8H,9H2,1-4H3. The maximum absolute atomic E-state index is 12.1. The first kappa shape index (κ1) is 13.5. The first-order valence-electron chi connectivity index (χ1n) is 5.31. The lowest BCUT2D eigenvalue weighted by Crippen LogP contribution is -2.34. The van der Waals surface area contributed by atoms with Crippen molar-refractivity contribution in [2.24, 2.45) is 5.41 Å². The third-order valence-electron chi connectivity index (χ3n) is 2.15. The van der Waals surface area contributed by atoms with Crippen LogP contribution in [0.5, 0.6) is 0 Å². The molecule has 1 rings (SSSR count). The molecule has 0 aliphatic heterocycles. The average molecular weight is 331 g/mol. The van der Waals surface area contributed by atoms with Gasteiger partial charge in [0.05, 0.1) is 0 Å². The summed E-state index contributed by atoms with van der Waals surface area (Å²) in [7, 11) is 1.85. The van der Waals surface area contributed by atoms with Crippen molar-refractivity contribution in [1.82, 2.24) is 4.90 Å². The normalized spacial score (nSPS) is 11.3. The summed E-state index contributed by atoms with van der Waals surface area (Å²) >= 11 is 2.23. The molecule has 88 valence electrons. The van der Waals surface area contributed by atoms with Gasteiger partial charge in [-0.3, -0.25) is 4.79 Å². The number of nitrogens with zero attached hydrogens (tertiary/aromatic N) is 1. The molecule has 0 aliphatic carbocycles. The van der Waals surface area contributed by atoms with Gasteiger partial charge in [-0.2, -0.15) is 0 Å². The minimum absolute atomic E-state index is 0.0892. The van der Waals surface area contributed by atoms with Crippen LogP contribution in [0.1, 0.15) is 31.1 Å². The highest BCUT2D eigenvalue weighted by molar-refractivity contribution is 14.1. The van der Waals surface area contributed by atoms with Gasteiger partial charge in [0, 0.05) is 22.7 Å². The lowest BCUT2D eigenvalue weighted by atomic mass is 9.96. The number of benzene rings is 1. The molecule has 1 aromatic rings. The zero-order chi connectivity index (χ0) is 12.3. The van der Waals surface area contributed by atoms with E-state index >= 15 is 0 Å². The van der Waals surface area contributed by atoms with E-state index in [0.717, 1.165) is 15.7 Å². The van der Waals surface area contributed by atoms with Crippen molar-refractivity contribution in [3.05, 3.63) is 33.4 Å². The number of carbonyl (C=O) groups excluding carboxylic acids is 1. The molecule has 16 heavy (non-hydrogen) atoms. The van der Waals surface area contributed by atoms with E-state index in [1.54, 1.807) is 4.90 Å². The van der Waals surface area contributed by atoms with Crippen LogP contribution in [-0.4, -0.2) is 24.4 Å². The minimum atomic E-state index is 0.0892. The predicted molar refractivity (Wildman–Crippen MR) is 75.6 cm³/mol. The number of carbonyl (C=O) groups is 1. The molecule has 0 saturated heterocycles. The third-order valence-corrected chi connectivity index (χ3v) is 2.87. The smallest absolute Gasteiger partial charge is 0.253 e. The van der Waals surface area contributed by atoms with E-state index < -0.39 is 0 Å². The molecule has 0 bridgehead atoms. The molecule has 0 atom stereocenters. The SMILES string of the molecule is CN(CC(C)(C)C)C(=O)c1ccc(I)cc1. The van der Waals surface area contributed by atoms with Gasteiger partial charge in [-0.05, 0) is 52.3 Å². The quantitative estimate of drug-likeness (QED) is 0.761. The van der Waals surface area contributed by atoms with Crippen molar-refractivity contribution in [2.45, 2.75) is 20.8 Å². The van der Waals surface area contributed by atoms with E-state index in [9.17, 15) is 4.79 Å². The molecule has 2 nitrogen and oxygen atoms in total. The Hall–Kier alpha value is -0.580. The number of hydrogen-bond acceptors (Lipinski definition) is 1. The van der Waals surface area contributed by atoms with Crippen molar-refractivity contribution < 1.29 is 4.79 Å². The van der Waals surface area contributed by atoms with Crippen LogP contribution in [0.15, 0.2) is 24.3 Å². The van der Waals surface area contributed by atoms with Crippen LogP contribution in [0.2, 0.25) is 0 Å².